The van der Waals surface area contributed by atoms with Gasteiger partial charge in [-0.1, -0.05) is 51.1 Å². The average Bonchev–Trinajstić information content (AvgIpc) is 2.34. The van der Waals surface area contributed by atoms with Crippen LogP contribution in [0.15, 0.2) is 30.3 Å². The molecule has 0 amide bonds. The van der Waals surface area contributed by atoms with Crippen molar-refractivity contribution in [2.75, 3.05) is 0 Å². The van der Waals surface area contributed by atoms with E-state index in [1.165, 1.54) is 0 Å². The van der Waals surface area contributed by atoms with Gasteiger partial charge in [0, 0.05) is 6.42 Å². The van der Waals surface area contributed by atoms with Gasteiger partial charge in [0.15, 0.2) is 0 Å². The predicted molar refractivity (Wildman–Crippen MR) is 69.6 cm³/mol. The first-order valence-electron chi connectivity index (χ1n) is 6.38. The van der Waals surface area contributed by atoms with Crippen molar-refractivity contribution in [2.24, 2.45) is 5.92 Å². The Morgan fingerprint density at radius 3 is 2.41 bits per heavy atom. The van der Waals surface area contributed by atoms with E-state index in [1.807, 2.05) is 37.3 Å². The van der Waals surface area contributed by atoms with E-state index in [9.17, 15) is 4.79 Å². The van der Waals surface area contributed by atoms with Crippen LogP contribution in [0, 0.1) is 5.92 Å². The molecular weight excluding hydrogens is 212 g/mol. The van der Waals surface area contributed by atoms with Crippen molar-refractivity contribution in [3.8, 4) is 0 Å². The number of hydrogen-bond donors (Lipinski definition) is 0. The Hall–Kier alpha value is -1.31. The molecule has 1 rings (SSSR count). The molecule has 0 bridgehead atoms. The van der Waals surface area contributed by atoms with Crippen LogP contribution in [0.5, 0.6) is 0 Å². The fraction of sp³-hybridized carbons (Fsp3) is 0.533. The maximum atomic E-state index is 11.7. The van der Waals surface area contributed by atoms with Crippen molar-refractivity contribution in [3.63, 3.8) is 0 Å². The fourth-order valence-electron chi connectivity index (χ4n) is 1.68. The van der Waals surface area contributed by atoms with Gasteiger partial charge in [0.2, 0.25) is 0 Å². The van der Waals surface area contributed by atoms with E-state index in [1.54, 1.807) is 0 Å². The molecule has 0 spiro atoms. The van der Waals surface area contributed by atoms with Crippen molar-refractivity contribution in [1.29, 1.82) is 0 Å². The van der Waals surface area contributed by atoms with E-state index < -0.39 is 0 Å². The smallest absolute Gasteiger partial charge is 0.306 e. The second kappa shape index (κ2) is 7.10. The first kappa shape index (κ1) is 13.8. The standard InChI is InChI=1S/C15H22O2/c1-4-14(13-8-6-5-7-9-13)17-15(16)11-10-12(2)3/h5-9,12,14H,4,10-11H2,1-3H3/t14-/m1/s1. The lowest BCUT2D eigenvalue weighted by Gasteiger charge is -2.16. The molecule has 1 aromatic carbocycles. The third-order valence-corrected chi connectivity index (χ3v) is 2.74. The van der Waals surface area contributed by atoms with Crippen LogP contribution < -0.4 is 0 Å². The summed E-state index contributed by atoms with van der Waals surface area (Å²) in [6, 6.07) is 9.92. The second-order valence-electron chi connectivity index (χ2n) is 4.73. The van der Waals surface area contributed by atoms with Crippen molar-refractivity contribution >= 4 is 5.97 Å². The van der Waals surface area contributed by atoms with Crippen molar-refractivity contribution < 1.29 is 9.53 Å². The normalized spacial score (nSPS) is 12.5. The van der Waals surface area contributed by atoms with Crippen LogP contribution in [0.1, 0.15) is 51.7 Å². The number of hydrogen-bond acceptors (Lipinski definition) is 2. The number of esters is 1. The number of rotatable bonds is 6. The highest BCUT2D eigenvalue weighted by molar-refractivity contribution is 5.69. The second-order valence-corrected chi connectivity index (χ2v) is 4.73. The topological polar surface area (TPSA) is 26.3 Å². The number of ether oxygens (including phenoxy) is 1. The van der Waals surface area contributed by atoms with Crippen LogP contribution in [0.4, 0.5) is 0 Å². The first-order valence-corrected chi connectivity index (χ1v) is 6.38. The molecule has 0 aromatic heterocycles. The van der Waals surface area contributed by atoms with Gasteiger partial charge in [0.05, 0.1) is 0 Å². The van der Waals surface area contributed by atoms with E-state index in [0.29, 0.717) is 12.3 Å². The van der Waals surface area contributed by atoms with E-state index in [0.717, 1.165) is 18.4 Å². The Morgan fingerprint density at radius 2 is 1.88 bits per heavy atom. The van der Waals surface area contributed by atoms with Gasteiger partial charge in [-0.2, -0.15) is 0 Å². The molecular formula is C15H22O2. The maximum Gasteiger partial charge on any atom is 0.306 e. The summed E-state index contributed by atoms with van der Waals surface area (Å²) in [5, 5.41) is 0. The third kappa shape index (κ3) is 5.03. The summed E-state index contributed by atoms with van der Waals surface area (Å²) in [6.45, 7) is 6.26. The number of carbonyl (C=O) groups is 1. The zero-order chi connectivity index (χ0) is 12.7. The molecule has 94 valence electrons. The highest BCUT2D eigenvalue weighted by Crippen LogP contribution is 2.21. The molecule has 2 heteroatoms. The number of carbonyl (C=O) groups excluding carboxylic acids is 1. The molecule has 1 aromatic rings. The molecule has 0 aliphatic rings. The molecule has 0 saturated carbocycles. The van der Waals surface area contributed by atoms with Gasteiger partial charge >= 0.3 is 5.97 Å². The molecule has 0 N–H and O–H groups in total. The lowest BCUT2D eigenvalue weighted by molar-refractivity contribution is -0.150. The summed E-state index contributed by atoms with van der Waals surface area (Å²) >= 11 is 0. The summed E-state index contributed by atoms with van der Waals surface area (Å²) in [5.41, 5.74) is 1.08. The molecule has 0 aliphatic carbocycles. The molecule has 1 atom stereocenters. The maximum absolute atomic E-state index is 11.7. The predicted octanol–water partition coefficient (Wildman–Crippen LogP) is 4.12. The van der Waals surface area contributed by atoms with Crippen LogP contribution in [-0.2, 0) is 9.53 Å². The highest BCUT2D eigenvalue weighted by atomic mass is 16.5. The molecule has 0 heterocycles. The Morgan fingerprint density at radius 1 is 1.24 bits per heavy atom. The molecule has 0 saturated heterocycles. The van der Waals surface area contributed by atoms with Crippen molar-refractivity contribution in [1.82, 2.24) is 0 Å². The van der Waals surface area contributed by atoms with Gasteiger partial charge in [-0.3, -0.25) is 4.79 Å². The SMILES string of the molecule is CC[C@@H](OC(=O)CCC(C)C)c1ccccc1. The largest absolute Gasteiger partial charge is 0.457 e. The molecule has 0 radical (unpaired) electrons. The third-order valence-electron chi connectivity index (χ3n) is 2.74. The van der Waals surface area contributed by atoms with Crippen LogP contribution in [0.2, 0.25) is 0 Å². The lowest BCUT2D eigenvalue weighted by atomic mass is 10.1. The number of benzene rings is 1. The molecule has 2 nitrogen and oxygen atoms in total. The summed E-state index contributed by atoms with van der Waals surface area (Å²) < 4.78 is 5.50. The quantitative estimate of drug-likeness (QED) is 0.692. The molecule has 17 heavy (non-hydrogen) atoms. The van der Waals surface area contributed by atoms with Gasteiger partial charge in [0.1, 0.15) is 6.10 Å². The van der Waals surface area contributed by atoms with Crippen LogP contribution in [-0.4, -0.2) is 5.97 Å². The first-order chi connectivity index (χ1) is 8.13. The van der Waals surface area contributed by atoms with Gasteiger partial charge < -0.3 is 4.74 Å². The Kier molecular flexibility index (Phi) is 5.75. The summed E-state index contributed by atoms with van der Waals surface area (Å²) in [5.74, 6) is 0.453. The molecule has 0 fully saturated rings. The Bertz CT molecular complexity index is 330. The van der Waals surface area contributed by atoms with Crippen molar-refractivity contribution in [2.45, 2.75) is 46.1 Å². The van der Waals surface area contributed by atoms with E-state index >= 15 is 0 Å². The summed E-state index contributed by atoms with van der Waals surface area (Å²) in [4.78, 5) is 11.7. The summed E-state index contributed by atoms with van der Waals surface area (Å²) in [7, 11) is 0. The highest BCUT2D eigenvalue weighted by Gasteiger charge is 2.14. The average molecular weight is 234 g/mol. The Balaban J connectivity index is 2.50. The van der Waals surface area contributed by atoms with Gasteiger partial charge in [-0.15, -0.1) is 0 Å². The minimum atomic E-state index is -0.101. The molecule has 0 unspecified atom stereocenters. The summed E-state index contributed by atoms with van der Waals surface area (Å²) in [6.07, 6.45) is 2.12. The van der Waals surface area contributed by atoms with E-state index in [-0.39, 0.29) is 12.1 Å². The molecule has 0 aliphatic heterocycles. The van der Waals surface area contributed by atoms with Crippen LogP contribution in [0.25, 0.3) is 0 Å². The fourth-order valence-corrected chi connectivity index (χ4v) is 1.68. The lowest BCUT2D eigenvalue weighted by Crippen LogP contribution is -2.11. The monoisotopic (exact) mass is 234 g/mol. The minimum absolute atomic E-state index is 0.0885. The zero-order valence-electron chi connectivity index (χ0n) is 11.0. The Labute approximate surface area is 104 Å². The zero-order valence-corrected chi connectivity index (χ0v) is 11.0. The van der Waals surface area contributed by atoms with Gasteiger partial charge in [-0.25, -0.2) is 0 Å². The van der Waals surface area contributed by atoms with E-state index in [2.05, 4.69) is 13.8 Å². The van der Waals surface area contributed by atoms with E-state index in [4.69, 9.17) is 4.74 Å². The minimum Gasteiger partial charge on any atom is -0.457 e. The van der Waals surface area contributed by atoms with Crippen LogP contribution >= 0.6 is 0 Å². The van der Waals surface area contributed by atoms with Crippen molar-refractivity contribution in [3.05, 3.63) is 35.9 Å². The van der Waals surface area contributed by atoms with Crippen LogP contribution in [0.3, 0.4) is 0 Å². The van der Waals surface area contributed by atoms with Gasteiger partial charge in [-0.05, 0) is 24.3 Å². The van der Waals surface area contributed by atoms with Gasteiger partial charge in [0.25, 0.3) is 0 Å².